The Balaban J connectivity index is 1.50. The number of carbonyl (C=O) groups is 1. The van der Waals surface area contributed by atoms with Crippen LogP contribution in [0.1, 0.15) is 29.2 Å². The molecule has 3 aromatic carbocycles. The lowest BCUT2D eigenvalue weighted by atomic mass is 9.91. The van der Waals surface area contributed by atoms with Gasteiger partial charge in [-0.3, -0.25) is 4.79 Å². The van der Waals surface area contributed by atoms with Gasteiger partial charge in [-0.2, -0.15) is 0 Å². The summed E-state index contributed by atoms with van der Waals surface area (Å²) in [5, 5.41) is 2.86. The monoisotopic (exact) mass is 525 g/mol. The number of pyridine rings is 1. The number of anilines is 1. The number of nitrogens with one attached hydrogen (secondary N) is 1. The van der Waals surface area contributed by atoms with E-state index in [4.69, 9.17) is 14.2 Å². The first-order chi connectivity index (χ1) is 19.0. The van der Waals surface area contributed by atoms with E-state index in [1.807, 2.05) is 65.2 Å². The van der Waals surface area contributed by atoms with Gasteiger partial charge in [-0.25, -0.2) is 9.37 Å². The highest BCUT2D eigenvalue weighted by Crippen LogP contribution is 2.35. The Kier molecular flexibility index (Phi) is 7.73. The molecule has 1 amide bonds. The summed E-state index contributed by atoms with van der Waals surface area (Å²) >= 11 is 0. The van der Waals surface area contributed by atoms with E-state index in [9.17, 15) is 9.18 Å². The lowest BCUT2D eigenvalue weighted by Crippen LogP contribution is -2.17. The number of nitrogens with zero attached hydrogens (tertiary/aromatic N) is 2. The molecule has 7 nitrogen and oxygen atoms in total. The van der Waals surface area contributed by atoms with Crippen molar-refractivity contribution in [3.05, 3.63) is 120 Å². The highest BCUT2D eigenvalue weighted by Gasteiger charge is 2.24. The second kappa shape index (κ2) is 11.7. The van der Waals surface area contributed by atoms with Crippen molar-refractivity contribution in [1.82, 2.24) is 9.38 Å². The third-order valence-electron chi connectivity index (χ3n) is 6.42. The molecular weight excluding hydrogens is 497 g/mol. The summed E-state index contributed by atoms with van der Waals surface area (Å²) in [5.74, 6) is 0.826. The number of halogens is 1. The summed E-state index contributed by atoms with van der Waals surface area (Å²) in [7, 11) is 3.17. The Hall–Kier alpha value is -4.85. The van der Waals surface area contributed by atoms with E-state index in [2.05, 4.69) is 10.3 Å². The molecular formula is C31H28FN3O4. The van der Waals surface area contributed by atoms with Gasteiger partial charge in [0.1, 0.15) is 23.9 Å². The third-order valence-corrected chi connectivity index (χ3v) is 6.42. The van der Waals surface area contributed by atoms with Crippen LogP contribution >= 0.6 is 0 Å². The number of imidazole rings is 1. The minimum atomic E-state index is -0.408. The minimum Gasteiger partial charge on any atom is -0.497 e. The van der Waals surface area contributed by atoms with Crippen LogP contribution in [0.2, 0.25) is 0 Å². The number of hydrogen-bond donors (Lipinski definition) is 1. The quantitative estimate of drug-likeness (QED) is 0.234. The number of hydrogen-bond acceptors (Lipinski definition) is 5. The smallest absolute Gasteiger partial charge is 0.225 e. The molecule has 0 aliphatic rings. The molecule has 0 saturated carbocycles. The van der Waals surface area contributed by atoms with Gasteiger partial charge in [-0.1, -0.05) is 30.3 Å². The Morgan fingerprint density at radius 1 is 0.949 bits per heavy atom. The van der Waals surface area contributed by atoms with Crippen LogP contribution in [0.25, 0.3) is 5.65 Å². The van der Waals surface area contributed by atoms with Crippen molar-refractivity contribution in [2.45, 2.75) is 18.9 Å². The molecule has 2 heterocycles. The Morgan fingerprint density at radius 2 is 1.67 bits per heavy atom. The number of carbonyl (C=O) groups excluding carboxylic acids is 1. The number of methoxy groups -OCH3 is 2. The van der Waals surface area contributed by atoms with Gasteiger partial charge in [-0.05, 0) is 59.7 Å². The molecule has 5 rings (SSSR count). The summed E-state index contributed by atoms with van der Waals surface area (Å²) in [6.07, 6.45) is 3.75. The predicted molar refractivity (Wildman–Crippen MR) is 147 cm³/mol. The van der Waals surface area contributed by atoms with Crippen LogP contribution in [0, 0.1) is 5.82 Å². The fourth-order valence-corrected chi connectivity index (χ4v) is 4.46. The summed E-state index contributed by atoms with van der Waals surface area (Å²) < 4.78 is 32.4. The standard InChI is InChI=1S/C31H28FN3O4/c1-37-25-15-22(16-26(17-25)38-2)27(18-30(36)34-24-12-10-23(32)11-13-24)28-19-33-31-29(9-6-14-35(28)31)39-20-21-7-4-3-5-8-21/h3-17,19,27H,18,20H2,1-2H3,(H,34,36). The van der Waals surface area contributed by atoms with Crippen molar-refractivity contribution in [1.29, 1.82) is 0 Å². The van der Waals surface area contributed by atoms with E-state index in [1.54, 1.807) is 26.5 Å². The van der Waals surface area contributed by atoms with Crippen molar-refractivity contribution in [2.24, 2.45) is 0 Å². The number of aromatic nitrogens is 2. The fraction of sp³-hybridized carbons (Fsp3) is 0.161. The molecule has 0 aliphatic carbocycles. The van der Waals surface area contributed by atoms with Crippen LogP contribution in [-0.4, -0.2) is 29.5 Å². The summed E-state index contributed by atoms with van der Waals surface area (Å²) in [6.45, 7) is 0.402. The van der Waals surface area contributed by atoms with Gasteiger partial charge < -0.3 is 23.9 Å². The average Bonchev–Trinajstić information content (AvgIpc) is 3.40. The highest BCUT2D eigenvalue weighted by atomic mass is 19.1. The maximum absolute atomic E-state index is 13.4. The summed E-state index contributed by atoms with van der Waals surface area (Å²) in [6, 6.07) is 24.9. The average molecular weight is 526 g/mol. The molecule has 1 atom stereocenters. The largest absolute Gasteiger partial charge is 0.497 e. The van der Waals surface area contributed by atoms with Gasteiger partial charge in [0.25, 0.3) is 0 Å². The van der Waals surface area contributed by atoms with Crippen LogP contribution in [0.15, 0.2) is 97.3 Å². The molecule has 1 N–H and O–H groups in total. The van der Waals surface area contributed by atoms with Gasteiger partial charge in [0.2, 0.25) is 5.91 Å². The van der Waals surface area contributed by atoms with Crippen LogP contribution in [-0.2, 0) is 11.4 Å². The lowest BCUT2D eigenvalue weighted by molar-refractivity contribution is -0.116. The number of benzene rings is 3. The molecule has 0 aliphatic heterocycles. The molecule has 0 radical (unpaired) electrons. The van der Waals surface area contributed by atoms with E-state index in [0.717, 1.165) is 16.8 Å². The van der Waals surface area contributed by atoms with Crippen molar-refractivity contribution in [3.8, 4) is 17.2 Å². The second-order valence-corrected chi connectivity index (χ2v) is 8.98. The molecule has 8 heteroatoms. The second-order valence-electron chi connectivity index (χ2n) is 8.98. The zero-order valence-electron chi connectivity index (χ0n) is 21.6. The lowest BCUT2D eigenvalue weighted by Gasteiger charge is -2.19. The van der Waals surface area contributed by atoms with E-state index in [1.165, 1.54) is 24.3 Å². The molecule has 198 valence electrons. The highest BCUT2D eigenvalue weighted by molar-refractivity contribution is 5.91. The fourth-order valence-electron chi connectivity index (χ4n) is 4.46. The number of amides is 1. The van der Waals surface area contributed by atoms with Gasteiger partial charge >= 0.3 is 0 Å². The molecule has 0 fully saturated rings. The Morgan fingerprint density at radius 3 is 2.36 bits per heavy atom. The van der Waals surface area contributed by atoms with Crippen LogP contribution in [0.4, 0.5) is 10.1 Å². The zero-order valence-corrected chi connectivity index (χ0v) is 21.6. The SMILES string of the molecule is COc1cc(OC)cc(C(CC(=O)Nc2ccc(F)cc2)c2cnc3c(OCc4ccccc4)cccn23)c1. The van der Waals surface area contributed by atoms with Crippen molar-refractivity contribution < 1.29 is 23.4 Å². The number of rotatable bonds is 10. The van der Waals surface area contributed by atoms with Gasteiger partial charge in [0.15, 0.2) is 11.4 Å². The minimum absolute atomic E-state index is 0.0938. The Labute approximate surface area is 225 Å². The normalized spacial score (nSPS) is 11.7. The number of ether oxygens (including phenoxy) is 3. The van der Waals surface area contributed by atoms with Gasteiger partial charge in [-0.15, -0.1) is 0 Å². The maximum atomic E-state index is 13.4. The number of fused-ring (bicyclic) bond motifs is 1. The topological polar surface area (TPSA) is 74.1 Å². The maximum Gasteiger partial charge on any atom is 0.225 e. The van der Waals surface area contributed by atoms with E-state index >= 15 is 0 Å². The first-order valence-electron chi connectivity index (χ1n) is 12.4. The third kappa shape index (κ3) is 6.01. The van der Waals surface area contributed by atoms with E-state index in [-0.39, 0.29) is 18.1 Å². The zero-order chi connectivity index (χ0) is 27.2. The first kappa shape index (κ1) is 25.8. The van der Waals surface area contributed by atoms with Crippen LogP contribution in [0.3, 0.4) is 0 Å². The predicted octanol–water partition coefficient (Wildman–Crippen LogP) is 6.23. The molecule has 2 aromatic heterocycles. The molecule has 0 saturated heterocycles. The van der Waals surface area contributed by atoms with Crippen molar-refractivity contribution in [3.63, 3.8) is 0 Å². The van der Waals surface area contributed by atoms with Gasteiger partial charge in [0.05, 0.1) is 19.9 Å². The Bertz CT molecular complexity index is 1550. The molecule has 5 aromatic rings. The molecule has 0 bridgehead atoms. The molecule has 39 heavy (non-hydrogen) atoms. The van der Waals surface area contributed by atoms with Crippen molar-refractivity contribution in [2.75, 3.05) is 19.5 Å². The van der Waals surface area contributed by atoms with E-state index in [0.29, 0.717) is 35.2 Å². The summed E-state index contributed by atoms with van der Waals surface area (Å²) in [5.41, 5.74) is 3.81. The van der Waals surface area contributed by atoms with E-state index < -0.39 is 5.92 Å². The van der Waals surface area contributed by atoms with Gasteiger partial charge in [0, 0.05) is 36.5 Å². The summed E-state index contributed by atoms with van der Waals surface area (Å²) in [4.78, 5) is 17.9. The van der Waals surface area contributed by atoms with Crippen molar-refractivity contribution >= 4 is 17.2 Å². The molecule has 0 spiro atoms. The molecule has 1 unspecified atom stereocenters. The first-order valence-corrected chi connectivity index (χ1v) is 12.4. The van der Waals surface area contributed by atoms with Crippen LogP contribution in [0.5, 0.6) is 17.2 Å². The van der Waals surface area contributed by atoms with Crippen LogP contribution < -0.4 is 19.5 Å².